The molecule has 1 unspecified atom stereocenters. The highest BCUT2D eigenvalue weighted by Gasteiger charge is 2.20. The van der Waals surface area contributed by atoms with E-state index in [0.29, 0.717) is 13.0 Å². The van der Waals surface area contributed by atoms with Crippen LogP contribution in [0.15, 0.2) is 0 Å². The molecule has 0 aromatic rings. The zero-order valence-corrected chi connectivity index (χ0v) is 9.17. The average molecular weight is 190 g/mol. The van der Waals surface area contributed by atoms with Crippen LogP contribution in [0.5, 0.6) is 0 Å². The summed E-state index contributed by atoms with van der Waals surface area (Å²) in [4.78, 5) is 0. The van der Waals surface area contributed by atoms with Crippen LogP contribution < -0.4 is 0 Å². The van der Waals surface area contributed by atoms with Crippen LogP contribution in [0.2, 0.25) is 0 Å². The van der Waals surface area contributed by atoms with Gasteiger partial charge in [-0.3, -0.25) is 0 Å². The number of hydrogen-bond donors (Lipinski definition) is 1. The maximum Gasteiger partial charge on any atom is 0.0647 e. The molecule has 0 rings (SSSR count). The summed E-state index contributed by atoms with van der Waals surface area (Å²) in [6, 6.07) is 0. The van der Waals surface area contributed by atoms with Gasteiger partial charge in [-0.2, -0.15) is 0 Å². The maximum atomic E-state index is 9.61. The lowest BCUT2D eigenvalue weighted by molar-refractivity contribution is -0.0225. The molecule has 1 N–H and O–H groups in total. The van der Waals surface area contributed by atoms with Gasteiger partial charge in [0.15, 0.2) is 0 Å². The fraction of sp³-hybridized carbons (Fsp3) is 1.00. The van der Waals surface area contributed by atoms with E-state index in [0.717, 1.165) is 12.8 Å². The molecule has 0 heterocycles. The highest BCUT2D eigenvalue weighted by molar-refractivity contribution is 4.72. The van der Waals surface area contributed by atoms with E-state index < -0.39 is 0 Å². The standard InChI is InChI=1S/C10H22O3/c1-10(2,13-4)8-9(11)6-5-7-12-3/h9,11H,5-8H2,1-4H3. The highest BCUT2D eigenvalue weighted by atomic mass is 16.5. The van der Waals surface area contributed by atoms with Gasteiger partial charge in [0, 0.05) is 27.2 Å². The number of aliphatic hydroxyl groups excluding tert-OH is 1. The lowest BCUT2D eigenvalue weighted by Crippen LogP contribution is -2.28. The molecule has 0 bridgehead atoms. The van der Waals surface area contributed by atoms with E-state index in [1.165, 1.54) is 0 Å². The maximum absolute atomic E-state index is 9.61. The van der Waals surface area contributed by atoms with Crippen LogP contribution in [0.25, 0.3) is 0 Å². The second kappa shape index (κ2) is 6.35. The molecule has 3 nitrogen and oxygen atoms in total. The van der Waals surface area contributed by atoms with E-state index in [-0.39, 0.29) is 11.7 Å². The summed E-state index contributed by atoms with van der Waals surface area (Å²) in [7, 11) is 3.34. The molecule has 3 heteroatoms. The van der Waals surface area contributed by atoms with Gasteiger partial charge in [0.2, 0.25) is 0 Å². The third kappa shape index (κ3) is 6.99. The molecule has 0 saturated heterocycles. The average Bonchev–Trinajstić information content (AvgIpc) is 2.04. The number of methoxy groups -OCH3 is 2. The van der Waals surface area contributed by atoms with E-state index in [2.05, 4.69) is 0 Å². The molecular formula is C10H22O3. The molecule has 0 radical (unpaired) electrons. The first-order valence-electron chi connectivity index (χ1n) is 4.74. The summed E-state index contributed by atoms with van der Waals surface area (Å²) in [5, 5.41) is 9.61. The Balaban J connectivity index is 3.55. The second-order valence-corrected chi connectivity index (χ2v) is 3.96. The Morgan fingerprint density at radius 3 is 2.38 bits per heavy atom. The van der Waals surface area contributed by atoms with E-state index in [1.54, 1.807) is 14.2 Å². The van der Waals surface area contributed by atoms with Crippen molar-refractivity contribution in [3.05, 3.63) is 0 Å². The molecule has 0 saturated carbocycles. The van der Waals surface area contributed by atoms with Crippen molar-refractivity contribution in [2.45, 2.75) is 44.8 Å². The molecule has 80 valence electrons. The van der Waals surface area contributed by atoms with Gasteiger partial charge < -0.3 is 14.6 Å². The number of rotatable bonds is 7. The lowest BCUT2D eigenvalue weighted by Gasteiger charge is -2.25. The molecule has 13 heavy (non-hydrogen) atoms. The van der Waals surface area contributed by atoms with Crippen molar-refractivity contribution >= 4 is 0 Å². The van der Waals surface area contributed by atoms with Gasteiger partial charge in [-0.1, -0.05) is 0 Å². The van der Waals surface area contributed by atoms with Gasteiger partial charge in [-0.05, 0) is 26.7 Å². The zero-order chi connectivity index (χ0) is 10.3. The molecule has 0 aromatic carbocycles. The molecule has 0 aliphatic rings. The quantitative estimate of drug-likeness (QED) is 0.620. The lowest BCUT2D eigenvalue weighted by atomic mass is 9.98. The molecule has 0 aliphatic heterocycles. The van der Waals surface area contributed by atoms with Crippen molar-refractivity contribution < 1.29 is 14.6 Å². The van der Waals surface area contributed by atoms with Crippen molar-refractivity contribution in [2.75, 3.05) is 20.8 Å². The molecule has 0 amide bonds. The Bertz CT molecular complexity index is 123. The van der Waals surface area contributed by atoms with E-state index >= 15 is 0 Å². The Morgan fingerprint density at radius 2 is 1.92 bits per heavy atom. The summed E-state index contributed by atoms with van der Waals surface area (Å²) in [5.41, 5.74) is -0.230. The zero-order valence-electron chi connectivity index (χ0n) is 9.17. The Kier molecular flexibility index (Phi) is 6.29. The normalized spacial score (nSPS) is 14.5. The van der Waals surface area contributed by atoms with Gasteiger partial charge in [0.1, 0.15) is 0 Å². The van der Waals surface area contributed by atoms with Crippen LogP contribution in [-0.2, 0) is 9.47 Å². The summed E-state index contributed by atoms with van der Waals surface area (Å²) in [5.74, 6) is 0. The van der Waals surface area contributed by atoms with Crippen LogP contribution in [0, 0.1) is 0 Å². The van der Waals surface area contributed by atoms with Crippen molar-refractivity contribution in [2.24, 2.45) is 0 Å². The molecule has 1 atom stereocenters. The summed E-state index contributed by atoms with van der Waals surface area (Å²) in [6.45, 7) is 4.67. The van der Waals surface area contributed by atoms with Gasteiger partial charge >= 0.3 is 0 Å². The fourth-order valence-electron chi connectivity index (χ4n) is 1.22. The predicted molar refractivity (Wildman–Crippen MR) is 52.8 cm³/mol. The minimum absolute atomic E-state index is 0.230. The third-order valence-corrected chi connectivity index (χ3v) is 2.17. The Hall–Kier alpha value is -0.120. The number of ether oxygens (including phenoxy) is 2. The minimum Gasteiger partial charge on any atom is -0.393 e. The SMILES string of the molecule is COCCCC(O)CC(C)(C)OC. The first-order valence-corrected chi connectivity index (χ1v) is 4.74. The molecule has 0 aliphatic carbocycles. The Labute approximate surface area is 81.0 Å². The molecule has 0 spiro atoms. The molecular weight excluding hydrogens is 168 g/mol. The van der Waals surface area contributed by atoms with Crippen molar-refractivity contribution in [1.82, 2.24) is 0 Å². The van der Waals surface area contributed by atoms with Crippen LogP contribution >= 0.6 is 0 Å². The Morgan fingerprint density at radius 1 is 1.31 bits per heavy atom. The third-order valence-electron chi connectivity index (χ3n) is 2.17. The predicted octanol–water partition coefficient (Wildman–Crippen LogP) is 1.59. The summed E-state index contributed by atoms with van der Waals surface area (Å²) < 4.78 is 10.1. The van der Waals surface area contributed by atoms with Crippen molar-refractivity contribution in [3.63, 3.8) is 0 Å². The van der Waals surface area contributed by atoms with Crippen LogP contribution in [-0.4, -0.2) is 37.6 Å². The van der Waals surface area contributed by atoms with Crippen LogP contribution in [0.1, 0.15) is 33.1 Å². The topological polar surface area (TPSA) is 38.7 Å². The summed E-state index contributed by atoms with van der Waals surface area (Å²) >= 11 is 0. The smallest absolute Gasteiger partial charge is 0.0647 e. The fourth-order valence-corrected chi connectivity index (χ4v) is 1.22. The number of hydrogen-bond acceptors (Lipinski definition) is 3. The second-order valence-electron chi connectivity index (χ2n) is 3.96. The van der Waals surface area contributed by atoms with Gasteiger partial charge in [0.25, 0.3) is 0 Å². The van der Waals surface area contributed by atoms with Crippen LogP contribution in [0.4, 0.5) is 0 Å². The van der Waals surface area contributed by atoms with E-state index in [4.69, 9.17) is 9.47 Å². The highest BCUT2D eigenvalue weighted by Crippen LogP contribution is 2.17. The van der Waals surface area contributed by atoms with Gasteiger partial charge in [0.05, 0.1) is 11.7 Å². The number of aliphatic hydroxyl groups is 1. The van der Waals surface area contributed by atoms with E-state index in [1.807, 2.05) is 13.8 Å². The largest absolute Gasteiger partial charge is 0.393 e. The van der Waals surface area contributed by atoms with Gasteiger partial charge in [-0.25, -0.2) is 0 Å². The van der Waals surface area contributed by atoms with Gasteiger partial charge in [-0.15, -0.1) is 0 Å². The molecule has 0 aromatic heterocycles. The summed E-state index contributed by atoms with van der Waals surface area (Å²) in [6.07, 6.45) is 2.07. The monoisotopic (exact) mass is 190 g/mol. The van der Waals surface area contributed by atoms with Crippen molar-refractivity contribution in [3.8, 4) is 0 Å². The van der Waals surface area contributed by atoms with E-state index in [9.17, 15) is 5.11 Å². The van der Waals surface area contributed by atoms with Crippen LogP contribution in [0.3, 0.4) is 0 Å². The molecule has 0 fully saturated rings. The first kappa shape index (κ1) is 12.9. The first-order chi connectivity index (χ1) is 6.02. The minimum atomic E-state index is -0.287. The van der Waals surface area contributed by atoms with Crippen molar-refractivity contribution in [1.29, 1.82) is 0 Å².